The van der Waals surface area contributed by atoms with Crippen LogP contribution in [0.3, 0.4) is 0 Å². The van der Waals surface area contributed by atoms with Gasteiger partial charge >= 0.3 is 5.69 Å². The van der Waals surface area contributed by atoms with Gasteiger partial charge in [-0.2, -0.15) is 0 Å². The van der Waals surface area contributed by atoms with Gasteiger partial charge in [-0.1, -0.05) is 135 Å². The van der Waals surface area contributed by atoms with Crippen molar-refractivity contribution >= 4 is 22.9 Å². The summed E-state index contributed by atoms with van der Waals surface area (Å²) < 4.78 is 3.52. The number of nitrogens with zero attached hydrogens (tertiary/aromatic N) is 3. The quantitative estimate of drug-likeness (QED) is 0.126. The lowest BCUT2D eigenvalue weighted by atomic mass is 10.0. The van der Waals surface area contributed by atoms with Crippen LogP contribution in [0, 0.1) is 0 Å². The van der Waals surface area contributed by atoms with E-state index in [0.717, 1.165) is 30.3 Å². The molecule has 2 aromatic rings. The molecule has 0 radical (unpaired) electrons. The zero-order valence-corrected chi connectivity index (χ0v) is 24.2. The van der Waals surface area contributed by atoms with E-state index >= 15 is 0 Å². The number of aromatic nitrogens is 4. The van der Waals surface area contributed by atoms with Crippen LogP contribution in [0.25, 0.3) is 11.2 Å². The average molecular weight is 521 g/mol. The number of imidazole rings is 1. The molecule has 36 heavy (non-hydrogen) atoms. The third-order valence-corrected chi connectivity index (χ3v) is 8.25. The van der Waals surface area contributed by atoms with Gasteiger partial charge in [0.1, 0.15) is 0 Å². The van der Waals surface area contributed by atoms with Crippen molar-refractivity contribution in [1.29, 1.82) is 0 Å². The van der Waals surface area contributed by atoms with Crippen LogP contribution >= 0.6 is 11.8 Å². The van der Waals surface area contributed by atoms with Gasteiger partial charge in [0, 0.05) is 19.3 Å². The summed E-state index contributed by atoms with van der Waals surface area (Å²) >= 11 is 1.72. The number of rotatable bonds is 22. The van der Waals surface area contributed by atoms with Gasteiger partial charge in [0.05, 0.1) is 0 Å². The van der Waals surface area contributed by atoms with E-state index in [4.69, 9.17) is 4.98 Å². The SMILES string of the molecule is CCCCCCCCCCCCCCCCn1c(SCCCCCCC)nc2c1c(=O)[nH]c(=O)n2C. The maximum absolute atomic E-state index is 12.6. The van der Waals surface area contributed by atoms with Crippen LogP contribution in [-0.4, -0.2) is 24.9 Å². The number of H-pyrrole nitrogens is 1. The third-order valence-electron chi connectivity index (χ3n) is 7.19. The summed E-state index contributed by atoms with van der Waals surface area (Å²) in [6.45, 7) is 5.29. The molecule has 6 nitrogen and oxygen atoms in total. The van der Waals surface area contributed by atoms with Crippen molar-refractivity contribution in [2.45, 2.75) is 148 Å². The second-order valence-electron chi connectivity index (χ2n) is 10.4. The van der Waals surface area contributed by atoms with E-state index in [9.17, 15) is 9.59 Å². The number of hydrogen-bond acceptors (Lipinski definition) is 4. The Morgan fingerprint density at radius 3 is 1.69 bits per heavy atom. The van der Waals surface area contributed by atoms with E-state index in [2.05, 4.69) is 23.4 Å². The lowest BCUT2D eigenvalue weighted by molar-refractivity contribution is 0.519. The third kappa shape index (κ3) is 10.9. The number of hydrogen-bond donors (Lipinski definition) is 1. The minimum atomic E-state index is -0.398. The molecule has 2 aromatic heterocycles. The summed E-state index contributed by atoms with van der Waals surface area (Å²) in [5.74, 6) is 0.998. The Hall–Kier alpha value is -1.50. The van der Waals surface area contributed by atoms with Crippen LogP contribution < -0.4 is 11.2 Å². The molecule has 7 heteroatoms. The summed E-state index contributed by atoms with van der Waals surface area (Å²) in [5.41, 5.74) is 0.327. The molecule has 206 valence electrons. The largest absolute Gasteiger partial charge is 0.329 e. The van der Waals surface area contributed by atoms with Gasteiger partial charge in [-0.15, -0.1) is 0 Å². The number of nitrogens with one attached hydrogen (secondary N) is 1. The van der Waals surface area contributed by atoms with Crippen molar-refractivity contribution in [3.05, 3.63) is 20.8 Å². The van der Waals surface area contributed by atoms with Crippen molar-refractivity contribution in [1.82, 2.24) is 19.1 Å². The molecule has 0 saturated heterocycles. The van der Waals surface area contributed by atoms with E-state index in [0.29, 0.717) is 11.2 Å². The second kappa shape index (κ2) is 18.7. The summed E-state index contributed by atoms with van der Waals surface area (Å²) in [7, 11) is 1.68. The predicted octanol–water partition coefficient (Wildman–Crippen LogP) is 7.97. The number of aryl methyl sites for hydroxylation is 2. The van der Waals surface area contributed by atoms with Crippen molar-refractivity contribution in [3.8, 4) is 0 Å². The first-order valence-corrected chi connectivity index (χ1v) is 15.9. The maximum Gasteiger partial charge on any atom is 0.329 e. The van der Waals surface area contributed by atoms with Crippen molar-refractivity contribution < 1.29 is 0 Å². The smallest absolute Gasteiger partial charge is 0.313 e. The van der Waals surface area contributed by atoms with Gasteiger partial charge in [-0.25, -0.2) is 9.78 Å². The van der Waals surface area contributed by atoms with Crippen LogP contribution in [-0.2, 0) is 13.6 Å². The highest BCUT2D eigenvalue weighted by atomic mass is 32.2. The molecule has 0 fully saturated rings. The Morgan fingerprint density at radius 2 is 1.17 bits per heavy atom. The first-order chi connectivity index (χ1) is 17.6. The molecule has 0 spiro atoms. The molecule has 2 heterocycles. The van der Waals surface area contributed by atoms with Gasteiger partial charge in [0.25, 0.3) is 5.56 Å². The fourth-order valence-corrected chi connectivity index (χ4v) is 5.89. The van der Waals surface area contributed by atoms with E-state index in [-0.39, 0.29) is 5.56 Å². The molecule has 0 amide bonds. The number of thioether (sulfide) groups is 1. The highest BCUT2D eigenvalue weighted by molar-refractivity contribution is 7.99. The Kier molecular flexibility index (Phi) is 16.0. The summed E-state index contributed by atoms with van der Waals surface area (Å²) in [6, 6.07) is 0. The zero-order valence-electron chi connectivity index (χ0n) is 23.4. The van der Waals surface area contributed by atoms with Crippen LogP contribution in [0.5, 0.6) is 0 Å². The molecule has 0 saturated carbocycles. The van der Waals surface area contributed by atoms with E-state index < -0.39 is 5.69 Å². The maximum atomic E-state index is 12.6. The second-order valence-corrected chi connectivity index (χ2v) is 11.5. The molecule has 0 aliphatic carbocycles. The monoisotopic (exact) mass is 520 g/mol. The Bertz CT molecular complexity index is 963. The Labute approximate surface area is 223 Å². The Morgan fingerprint density at radius 1 is 0.694 bits per heavy atom. The van der Waals surface area contributed by atoms with Gasteiger partial charge in [0.15, 0.2) is 16.3 Å². The molecule has 2 rings (SSSR count). The molecule has 0 atom stereocenters. The number of unbranched alkanes of at least 4 members (excludes halogenated alkanes) is 17. The van der Waals surface area contributed by atoms with Gasteiger partial charge in [-0.05, 0) is 12.8 Å². The van der Waals surface area contributed by atoms with Gasteiger partial charge < -0.3 is 4.57 Å². The summed E-state index contributed by atoms with van der Waals surface area (Å²) in [6.07, 6.45) is 24.8. The lowest BCUT2D eigenvalue weighted by Gasteiger charge is -2.09. The van der Waals surface area contributed by atoms with E-state index in [1.807, 2.05) is 0 Å². The minimum absolute atomic E-state index is 0.319. The topological polar surface area (TPSA) is 72.7 Å². The highest BCUT2D eigenvalue weighted by Gasteiger charge is 2.17. The van der Waals surface area contributed by atoms with Crippen molar-refractivity contribution in [3.63, 3.8) is 0 Å². The van der Waals surface area contributed by atoms with Crippen molar-refractivity contribution in [2.24, 2.45) is 7.05 Å². The van der Waals surface area contributed by atoms with E-state index in [1.165, 1.54) is 114 Å². The standard InChI is InChI=1S/C29H52N4O2S/c1-4-6-8-10-11-12-13-14-15-16-17-18-19-21-23-33-25-26(32(3)28(35)31-27(25)34)30-29(33)36-24-22-20-9-7-5-2/h4-24H2,1-3H3,(H,31,34,35). The molecule has 0 bridgehead atoms. The average Bonchev–Trinajstić information content (AvgIpc) is 3.24. The zero-order chi connectivity index (χ0) is 26.0. The molecule has 1 N–H and O–H groups in total. The first kappa shape index (κ1) is 30.7. The van der Waals surface area contributed by atoms with Crippen LogP contribution in [0.2, 0.25) is 0 Å². The predicted molar refractivity (Wildman–Crippen MR) is 155 cm³/mol. The van der Waals surface area contributed by atoms with Gasteiger partial charge in [0.2, 0.25) is 0 Å². The molecular weight excluding hydrogens is 468 g/mol. The minimum Gasteiger partial charge on any atom is -0.313 e. The van der Waals surface area contributed by atoms with Crippen LogP contribution in [0.4, 0.5) is 0 Å². The normalized spacial score (nSPS) is 11.6. The van der Waals surface area contributed by atoms with Crippen LogP contribution in [0.15, 0.2) is 14.7 Å². The molecule has 0 aliphatic heterocycles. The van der Waals surface area contributed by atoms with E-state index in [1.54, 1.807) is 18.8 Å². The summed E-state index contributed by atoms with van der Waals surface area (Å²) in [4.78, 5) is 31.9. The van der Waals surface area contributed by atoms with Crippen molar-refractivity contribution in [2.75, 3.05) is 5.75 Å². The molecule has 0 aliphatic rings. The number of aromatic amines is 1. The fourth-order valence-electron chi connectivity index (χ4n) is 4.87. The first-order valence-electron chi connectivity index (χ1n) is 14.9. The lowest BCUT2D eigenvalue weighted by Crippen LogP contribution is -2.29. The molecule has 0 aromatic carbocycles. The highest BCUT2D eigenvalue weighted by Crippen LogP contribution is 2.24. The van der Waals surface area contributed by atoms with Gasteiger partial charge in [-0.3, -0.25) is 14.3 Å². The van der Waals surface area contributed by atoms with Crippen LogP contribution in [0.1, 0.15) is 136 Å². The Balaban J connectivity index is 1.75. The summed E-state index contributed by atoms with van der Waals surface area (Å²) in [5, 5.41) is 0.877. The fraction of sp³-hybridized carbons (Fsp3) is 0.828. The number of fused-ring (bicyclic) bond motifs is 1. The molecular formula is C29H52N4O2S. The molecule has 0 unspecified atom stereocenters.